The van der Waals surface area contributed by atoms with Crippen LogP contribution >= 0.6 is 11.6 Å². The van der Waals surface area contributed by atoms with E-state index in [0.29, 0.717) is 84.3 Å². The minimum atomic E-state index is -4.45. The van der Waals surface area contributed by atoms with Crippen molar-refractivity contribution >= 4 is 55.7 Å². The fraction of sp³-hybridized carbons (Fsp3) is 0.379. The number of halogens is 4. The Hall–Kier alpha value is -13.8. The van der Waals surface area contributed by atoms with Gasteiger partial charge in [-0.25, -0.2) is 39.1 Å². The van der Waals surface area contributed by atoms with Crippen molar-refractivity contribution in [2.45, 2.75) is 216 Å². The Balaban J connectivity index is 0.000000133. The molecule has 0 spiro atoms. The molecule has 0 saturated heterocycles. The topological polar surface area (TPSA) is 381 Å². The van der Waals surface area contributed by atoms with E-state index in [9.17, 15) is 51.5 Å². The van der Waals surface area contributed by atoms with Gasteiger partial charge in [0.25, 0.3) is 22.2 Å². The van der Waals surface area contributed by atoms with Crippen LogP contribution in [0.3, 0.4) is 0 Å². The zero-order valence-electron chi connectivity index (χ0n) is 79.2. The Morgan fingerprint density at radius 2 is 0.710 bits per heavy atom. The number of rotatable bonds is 26. The van der Waals surface area contributed by atoms with E-state index in [1.807, 2.05) is 135 Å². The molecule has 718 valence electrons. The van der Waals surface area contributed by atoms with E-state index in [1.165, 1.54) is 71.2 Å². The standard InChI is InChI=1S/C27H30ClN5O3.C27H31N5O3.C26H26F3N5O3.C23H25N5O2/c1-16-12-19(28)9-8-18(16)15-32(3)10-11-33-22-14-23(36-20-6-4-5-7-20)17(2)13-21(22)29-24-25(33)30-27(35)31-26(24)34;1-17-8-4-5-9-19(17)16-31(3)12-13-32-22-15-23(35-20-10-6-7-11-20)18(2)14-21(22)28-24-25(32)29-27(34)30-26(24)33;1-15-12-19-20(13-21(15)37-17-7-3-4-8-17)34(23-22(31-19)24(35)33-25(36)32-23)11-10-30-14-16-6-2-5-9-18(16)26(27,28)29;1-13-5-6-14(2)17(9-13)12-24-7-8-28-19-11-16(4)15(3)10-18(19)25-20-21(28)26-23(30)27-22(20)29/h8-9,12-14,20H,4-7,10-11,15H2,1-3H3,(H,31,34,35);4-5,8-9,14-15,20H,6-7,10-13,16H2,1-3H3,(H,30,33,34);2,5-6,9,12-13,17,30H,3-4,7-8,10-11,14H2,1H3,(H,33,35,36);5-6,9-11,24H,7-8,12H2,1-4H3,(H,27,29,30). The summed E-state index contributed by atoms with van der Waals surface area (Å²) in [6.45, 7) is 24.7. The lowest BCUT2D eigenvalue weighted by Crippen LogP contribution is -2.30. The number of benzene rings is 8. The molecule has 0 unspecified atom stereocenters. The first-order chi connectivity index (χ1) is 66.2. The summed E-state index contributed by atoms with van der Waals surface area (Å²) in [5.74, 6) is 3.31. The van der Waals surface area contributed by atoms with Gasteiger partial charge < -0.3 is 52.9 Å². The third kappa shape index (κ3) is 22.7. The maximum absolute atomic E-state index is 13.3. The summed E-state index contributed by atoms with van der Waals surface area (Å²) in [4.78, 5) is 146. The second kappa shape index (κ2) is 42.4. The SMILES string of the molecule is Cc1cc(Cl)ccc1CN(C)CCn1c2nc(=O)[nH]c(=O)c-2nc2cc(C)c(OC3CCCC3)cc21.Cc1cc2nc3c(=O)[nH]c(=O)nc-3n(CCNCc3ccccc3C(F)(F)F)c2cc1OC1CCCC1.Cc1ccc(C)c(CNCCn2c3nc(=O)[nH]c(=O)c-3nc3cc(C)c(C)cc32)c1.Cc1ccccc1CN(C)CCn1c2nc(=O)[nH]c(=O)c-2nc2cc(C)c(OC3CCCC3)cc21. The summed E-state index contributed by atoms with van der Waals surface area (Å²) in [5.41, 5.74) is 14.2. The van der Waals surface area contributed by atoms with Crippen LogP contribution in [0.2, 0.25) is 5.02 Å². The molecule has 31 nitrogen and oxygen atoms in total. The Morgan fingerprint density at radius 3 is 1.10 bits per heavy atom. The van der Waals surface area contributed by atoms with Gasteiger partial charge in [0.2, 0.25) is 0 Å². The zero-order valence-corrected chi connectivity index (χ0v) is 79.9. The van der Waals surface area contributed by atoms with Crippen LogP contribution in [0.5, 0.6) is 17.2 Å². The van der Waals surface area contributed by atoms with Crippen LogP contribution in [0.15, 0.2) is 172 Å². The molecule has 8 heterocycles. The molecule has 8 aromatic rings. The van der Waals surface area contributed by atoms with Crippen LogP contribution in [0.4, 0.5) is 13.2 Å². The number of alkyl halides is 3. The van der Waals surface area contributed by atoms with Crippen molar-refractivity contribution in [1.82, 2.24) is 98.5 Å². The number of hydrogen-bond acceptors (Lipinski definition) is 23. The van der Waals surface area contributed by atoms with E-state index in [0.717, 1.165) is 144 Å². The fourth-order valence-electron chi connectivity index (χ4n) is 18.3. The molecule has 19 rings (SSSR count). The number of fused-ring (bicyclic) bond motifs is 8. The van der Waals surface area contributed by atoms with Crippen LogP contribution in [0.25, 0.3) is 90.2 Å². The van der Waals surface area contributed by atoms with Crippen molar-refractivity contribution in [2.75, 3.05) is 40.3 Å². The quantitative estimate of drug-likeness (QED) is 0.0217. The molecule has 0 atom stereocenters. The van der Waals surface area contributed by atoms with Crippen LogP contribution in [-0.4, -0.2) is 146 Å². The molecule has 11 aliphatic rings. The van der Waals surface area contributed by atoms with E-state index in [1.54, 1.807) is 10.6 Å². The highest BCUT2D eigenvalue weighted by atomic mass is 35.5. The van der Waals surface area contributed by atoms with Crippen molar-refractivity contribution in [1.29, 1.82) is 0 Å². The Labute approximate surface area is 796 Å². The number of aromatic amines is 4. The summed E-state index contributed by atoms with van der Waals surface area (Å²) in [6.07, 6.45) is 9.29. The van der Waals surface area contributed by atoms with Gasteiger partial charge in [0.15, 0.2) is 46.1 Å². The number of H-pyrrole nitrogens is 4. The summed E-state index contributed by atoms with van der Waals surface area (Å²) in [5, 5.41) is 7.23. The van der Waals surface area contributed by atoms with Crippen LogP contribution in [0, 0.1) is 62.3 Å². The van der Waals surface area contributed by atoms with Gasteiger partial charge in [0.1, 0.15) is 17.2 Å². The maximum atomic E-state index is 13.3. The van der Waals surface area contributed by atoms with Gasteiger partial charge in [-0.05, 0) is 269 Å². The second-order valence-corrected chi connectivity index (χ2v) is 36.9. The van der Waals surface area contributed by atoms with E-state index < -0.39 is 56.7 Å². The molecule has 0 amide bonds. The molecule has 8 aromatic carbocycles. The van der Waals surface area contributed by atoms with E-state index in [2.05, 4.69) is 144 Å². The molecular weight excluding hydrogens is 1790 g/mol. The highest BCUT2D eigenvalue weighted by Gasteiger charge is 2.34. The summed E-state index contributed by atoms with van der Waals surface area (Å²) in [7, 11) is 4.11. The van der Waals surface area contributed by atoms with E-state index >= 15 is 0 Å². The normalized spacial score (nSPS) is 13.8. The average Bonchev–Trinajstić information content (AvgIpc) is 1.12. The van der Waals surface area contributed by atoms with Crippen LogP contribution in [-0.2, 0) is 58.5 Å². The van der Waals surface area contributed by atoms with Crippen LogP contribution in [0.1, 0.15) is 155 Å². The van der Waals surface area contributed by atoms with Gasteiger partial charge in [-0.2, -0.15) is 33.1 Å². The lowest BCUT2D eigenvalue weighted by atomic mass is 10.1. The first-order valence-corrected chi connectivity index (χ1v) is 47.2. The smallest absolute Gasteiger partial charge is 0.416 e. The first kappa shape index (κ1) is 97.3. The number of aromatic nitrogens is 16. The van der Waals surface area contributed by atoms with Crippen LogP contribution < -0.4 is 69.8 Å². The molecule has 0 radical (unpaired) electrons. The number of ether oxygens (including phenoxy) is 3. The number of likely N-dealkylation sites (N-methyl/N-ethyl adjacent to an activating group) is 2. The maximum Gasteiger partial charge on any atom is 0.416 e. The first-order valence-electron chi connectivity index (χ1n) is 46.8. The molecule has 6 N–H and O–H groups in total. The third-order valence-electron chi connectivity index (χ3n) is 26.1. The molecule has 138 heavy (non-hydrogen) atoms. The molecule has 3 saturated carbocycles. The van der Waals surface area contributed by atoms with Gasteiger partial charge >= 0.3 is 28.9 Å². The van der Waals surface area contributed by atoms with Gasteiger partial charge in [0.05, 0.1) is 68.0 Å². The van der Waals surface area contributed by atoms with Crippen molar-refractivity contribution in [3.05, 3.63) is 300 Å². The van der Waals surface area contributed by atoms with Crippen molar-refractivity contribution in [3.63, 3.8) is 0 Å². The molecule has 8 aliphatic heterocycles. The minimum Gasteiger partial charge on any atom is -0.490 e. The zero-order chi connectivity index (χ0) is 97.5. The highest BCUT2D eigenvalue weighted by molar-refractivity contribution is 6.30. The second-order valence-electron chi connectivity index (χ2n) is 36.5. The third-order valence-corrected chi connectivity index (χ3v) is 26.3. The Morgan fingerprint density at radius 1 is 0.370 bits per heavy atom. The lowest BCUT2D eigenvalue weighted by Gasteiger charge is -2.23. The number of nitrogens with one attached hydrogen (secondary N) is 6. The average molecular weight is 1900 g/mol. The van der Waals surface area contributed by atoms with E-state index in [-0.39, 0.29) is 77.9 Å². The Kier molecular flexibility index (Phi) is 29.9. The number of nitrogens with zero attached hydrogens (tertiary/aromatic N) is 14. The van der Waals surface area contributed by atoms with Crippen molar-refractivity contribution in [3.8, 4) is 63.3 Å². The predicted molar refractivity (Wildman–Crippen MR) is 527 cm³/mol. The summed E-state index contributed by atoms with van der Waals surface area (Å²) >= 11 is 6.11. The largest absolute Gasteiger partial charge is 0.490 e. The number of hydrogen-bond donors (Lipinski definition) is 6. The lowest BCUT2D eigenvalue weighted by molar-refractivity contribution is -0.138. The molecule has 3 fully saturated rings. The van der Waals surface area contributed by atoms with Gasteiger partial charge in [0, 0.05) is 102 Å². The molecule has 35 heteroatoms. The summed E-state index contributed by atoms with van der Waals surface area (Å²) < 4.78 is 66.4. The highest BCUT2D eigenvalue weighted by Crippen LogP contribution is 2.38. The van der Waals surface area contributed by atoms with Crippen molar-refractivity contribution < 1.29 is 27.4 Å². The minimum absolute atomic E-state index is 0.00679. The molecule has 3 aliphatic carbocycles. The van der Waals surface area contributed by atoms with Gasteiger partial charge in [-0.3, -0.25) is 39.1 Å². The predicted octanol–water partition coefficient (Wildman–Crippen LogP) is 14.6. The molecule has 0 aromatic heterocycles. The summed E-state index contributed by atoms with van der Waals surface area (Å²) in [6, 6.07) is 41.6. The number of aryl methyl sites for hydroxylation is 9. The molecule has 0 bridgehead atoms. The fourth-order valence-corrected chi connectivity index (χ4v) is 18.6. The molecular formula is C103H112ClF3N20O11. The van der Waals surface area contributed by atoms with Gasteiger partial charge in [-0.1, -0.05) is 83.9 Å². The Bertz CT molecular complexity index is 7600. The monoisotopic (exact) mass is 1900 g/mol. The van der Waals surface area contributed by atoms with E-state index in [4.69, 9.17) is 25.8 Å². The van der Waals surface area contributed by atoms with Gasteiger partial charge in [-0.15, -0.1) is 0 Å². The van der Waals surface area contributed by atoms with Crippen molar-refractivity contribution in [2.24, 2.45) is 0 Å².